The third-order valence-corrected chi connectivity index (χ3v) is 3.22. The molecule has 0 aliphatic carbocycles. The van der Waals surface area contributed by atoms with Gasteiger partial charge in [0.25, 0.3) is 0 Å². The second kappa shape index (κ2) is 6.99. The van der Waals surface area contributed by atoms with Crippen LogP contribution in [0.15, 0.2) is 24.3 Å². The van der Waals surface area contributed by atoms with Crippen LogP contribution in [-0.2, 0) is 0 Å². The van der Waals surface area contributed by atoms with Gasteiger partial charge in [0.1, 0.15) is 5.75 Å². The predicted molar refractivity (Wildman–Crippen MR) is 75.5 cm³/mol. The lowest BCUT2D eigenvalue weighted by atomic mass is 9.98. The van der Waals surface area contributed by atoms with Crippen LogP contribution in [0, 0.1) is 0 Å². The van der Waals surface area contributed by atoms with E-state index in [1.54, 1.807) is 31.4 Å². The number of amides is 2. The zero-order valence-corrected chi connectivity index (χ0v) is 11.7. The fraction of sp³-hybridized carbons (Fsp3) is 0.500. The molecule has 0 saturated heterocycles. The van der Waals surface area contributed by atoms with E-state index in [1.165, 1.54) is 0 Å². The molecule has 0 aromatic heterocycles. The van der Waals surface area contributed by atoms with Crippen LogP contribution in [0.4, 0.5) is 10.5 Å². The van der Waals surface area contributed by atoms with Crippen LogP contribution in [0.25, 0.3) is 0 Å². The summed E-state index contributed by atoms with van der Waals surface area (Å²) in [7, 11) is 1.57. The van der Waals surface area contributed by atoms with Gasteiger partial charge < -0.3 is 20.5 Å². The van der Waals surface area contributed by atoms with E-state index in [1.807, 2.05) is 13.8 Å². The van der Waals surface area contributed by atoms with Crippen LogP contribution in [0.1, 0.15) is 26.7 Å². The topological polar surface area (TPSA) is 70.6 Å². The zero-order chi connectivity index (χ0) is 14.3. The lowest BCUT2D eigenvalue weighted by Crippen LogP contribution is -2.43. The molecule has 3 N–H and O–H groups in total. The van der Waals surface area contributed by atoms with Crippen LogP contribution < -0.4 is 15.4 Å². The molecule has 5 heteroatoms. The number of rotatable bonds is 6. The molecule has 0 radical (unpaired) electrons. The Morgan fingerprint density at radius 3 is 2.63 bits per heavy atom. The second-order valence-corrected chi connectivity index (χ2v) is 4.47. The van der Waals surface area contributed by atoms with Crippen LogP contribution >= 0.6 is 0 Å². The molecule has 2 amide bonds. The van der Waals surface area contributed by atoms with Crippen molar-refractivity contribution in [1.29, 1.82) is 0 Å². The van der Waals surface area contributed by atoms with E-state index in [2.05, 4.69) is 10.6 Å². The van der Waals surface area contributed by atoms with Gasteiger partial charge in [0.2, 0.25) is 0 Å². The molecule has 0 atom stereocenters. The minimum absolute atomic E-state index is 0.232. The fourth-order valence-electron chi connectivity index (χ4n) is 1.62. The molecule has 0 fully saturated rings. The number of urea groups is 1. The van der Waals surface area contributed by atoms with Crippen molar-refractivity contribution in [3.05, 3.63) is 24.3 Å². The summed E-state index contributed by atoms with van der Waals surface area (Å²) in [4.78, 5) is 11.7. The highest BCUT2D eigenvalue weighted by atomic mass is 16.5. The maximum Gasteiger partial charge on any atom is 0.319 e. The summed E-state index contributed by atoms with van der Waals surface area (Å²) in [5, 5.41) is 15.4. The Bertz CT molecular complexity index is 417. The first kappa shape index (κ1) is 15.3. The molecule has 0 heterocycles. The lowest BCUT2D eigenvalue weighted by molar-refractivity contribution is 0.0354. The molecule has 1 rings (SSSR count). The van der Waals surface area contributed by atoms with Crippen LogP contribution in [0.2, 0.25) is 0 Å². The van der Waals surface area contributed by atoms with E-state index in [4.69, 9.17) is 4.74 Å². The van der Waals surface area contributed by atoms with Gasteiger partial charge in [0.05, 0.1) is 12.7 Å². The standard InChI is InChI=1S/C14H22N2O3/c1-4-14(18,5-2)10-15-13(17)16-11-7-6-8-12(9-11)19-3/h6-9,18H,4-5,10H2,1-3H3,(H2,15,16,17). The Hall–Kier alpha value is -1.75. The van der Waals surface area contributed by atoms with Crippen molar-refractivity contribution in [3.63, 3.8) is 0 Å². The van der Waals surface area contributed by atoms with E-state index >= 15 is 0 Å². The second-order valence-electron chi connectivity index (χ2n) is 4.47. The first-order valence-electron chi connectivity index (χ1n) is 6.44. The summed E-state index contributed by atoms with van der Waals surface area (Å²) in [6, 6.07) is 6.76. The van der Waals surface area contributed by atoms with Gasteiger partial charge in [-0.1, -0.05) is 19.9 Å². The number of hydrogen-bond acceptors (Lipinski definition) is 3. The van der Waals surface area contributed by atoms with Crippen molar-refractivity contribution in [2.45, 2.75) is 32.3 Å². The van der Waals surface area contributed by atoms with Crippen LogP contribution in [0.5, 0.6) is 5.75 Å². The highest BCUT2D eigenvalue weighted by Crippen LogP contribution is 2.17. The molecule has 0 saturated carbocycles. The summed E-state index contributed by atoms with van der Waals surface area (Å²) < 4.78 is 5.07. The number of aliphatic hydroxyl groups is 1. The summed E-state index contributed by atoms with van der Waals surface area (Å²) in [6.45, 7) is 4.02. The van der Waals surface area contributed by atoms with Crippen LogP contribution in [-0.4, -0.2) is 30.4 Å². The highest BCUT2D eigenvalue weighted by molar-refractivity contribution is 5.89. The maximum atomic E-state index is 11.7. The van der Waals surface area contributed by atoms with E-state index < -0.39 is 5.60 Å². The van der Waals surface area contributed by atoms with E-state index in [9.17, 15) is 9.90 Å². The van der Waals surface area contributed by atoms with Gasteiger partial charge in [-0.15, -0.1) is 0 Å². The minimum atomic E-state index is -0.842. The van der Waals surface area contributed by atoms with E-state index in [0.29, 0.717) is 24.3 Å². The number of methoxy groups -OCH3 is 1. The predicted octanol–water partition coefficient (Wildman–Crippen LogP) is 2.37. The number of benzene rings is 1. The van der Waals surface area contributed by atoms with Crippen molar-refractivity contribution >= 4 is 11.7 Å². The van der Waals surface area contributed by atoms with Gasteiger partial charge in [0.15, 0.2) is 0 Å². The van der Waals surface area contributed by atoms with Gasteiger partial charge in [-0.25, -0.2) is 4.79 Å². The Morgan fingerprint density at radius 2 is 2.05 bits per heavy atom. The highest BCUT2D eigenvalue weighted by Gasteiger charge is 2.22. The number of hydrogen-bond donors (Lipinski definition) is 3. The van der Waals surface area contributed by atoms with Crippen molar-refractivity contribution < 1.29 is 14.6 Å². The molecule has 106 valence electrons. The normalized spacial score (nSPS) is 10.9. The Labute approximate surface area is 114 Å². The van der Waals surface area contributed by atoms with Gasteiger partial charge in [-0.2, -0.15) is 0 Å². The molecule has 1 aromatic rings. The third kappa shape index (κ3) is 4.79. The monoisotopic (exact) mass is 266 g/mol. The number of carbonyl (C=O) groups excluding carboxylic acids is 1. The van der Waals surface area contributed by atoms with Gasteiger partial charge >= 0.3 is 6.03 Å². The van der Waals surface area contributed by atoms with Gasteiger partial charge in [-0.3, -0.25) is 0 Å². The molecule has 0 unspecified atom stereocenters. The molecule has 0 spiro atoms. The molecular weight excluding hydrogens is 244 g/mol. The lowest BCUT2D eigenvalue weighted by Gasteiger charge is -2.25. The smallest absolute Gasteiger partial charge is 0.319 e. The largest absolute Gasteiger partial charge is 0.497 e. The van der Waals surface area contributed by atoms with E-state index in [-0.39, 0.29) is 12.6 Å². The maximum absolute atomic E-state index is 11.7. The Kier molecular flexibility index (Phi) is 5.63. The number of carbonyl (C=O) groups is 1. The zero-order valence-electron chi connectivity index (χ0n) is 11.7. The number of anilines is 1. The third-order valence-electron chi connectivity index (χ3n) is 3.22. The summed E-state index contributed by atoms with van der Waals surface area (Å²) in [5.41, 5.74) is -0.195. The summed E-state index contributed by atoms with van der Waals surface area (Å²) in [5.74, 6) is 0.677. The van der Waals surface area contributed by atoms with Crippen LogP contribution in [0.3, 0.4) is 0 Å². The SMILES string of the molecule is CCC(O)(CC)CNC(=O)Nc1cccc(OC)c1. The van der Waals surface area contributed by atoms with Crippen molar-refractivity contribution in [1.82, 2.24) is 5.32 Å². The first-order valence-corrected chi connectivity index (χ1v) is 6.44. The van der Waals surface area contributed by atoms with Crippen molar-refractivity contribution in [2.75, 3.05) is 19.0 Å². The van der Waals surface area contributed by atoms with E-state index in [0.717, 1.165) is 0 Å². The van der Waals surface area contributed by atoms with Gasteiger partial charge in [-0.05, 0) is 25.0 Å². The molecule has 19 heavy (non-hydrogen) atoms. The Balaban J connectivity index is 2.51. The molecule has 5 nitrogen and oxygen atoms in total. The average Bonchev–Trinajstić information content (AvgIpc) is 2.45. The quantitative estimate of drug-likeness (QED) is 0.740. The average molecular weight is 266 g/mol. The molecule has 1 aromatic carbocycles. The minimum Gasteiger partial charge on any atom is -0.497 e. The number of nitrogens with one attached hydrogen (secondary N) is 2. The molecule has 0 bridgehead atoms. The fourth-order valence-corrected chi connectivity index (χ4v) is 1.62. The summed E-state index contributed by atoms with van der Waals surface area (Å²) in [6.07, 6.45) is 1.20. The molecular formula is C14H22N2O3. The Morgan fingerprint density at radius 1 is 1.37 bits per heavy atom. The van der Waals surface area contributed by atoms with Crippen molar-refractivity contribution in [3.8, 4) is 5.75 Å². The van der Waals surface area contributed by atoms with Crippen molar-refractivity contribution in [2.24, 2.45) is 0 Å². The molecule has 0 aliphatic heterocycles. The number of ether oxygens (including phenoxy) is 1. The summed E-state index contributed by atoms with van der Waals surface area (Å²) >= 11 is 0. The first-order chi connectivity index (χ1) is 9.03. The molecule has 0 aliphatic rings. The van der Waals surface area contributed by atoms with Gasteiger partial charge in [0, 0.05) is 18.3 Å².